The number of aliphatic hydroxyl groups is 3. The van der Waals surface area contributed by atoms with Crippen molar-refractivity contribution in [2.45, 2.75) is 128 Å². The summed E-state index contributed by atoms with van der Waals surface area (Å²) in [6, 6.07) is 0. The van der Waals surface area contributed by atoms with E-state index >= 15 is 0 Å². The van der Waals surface area contributed by atoms with E-state index in [9.17, 15) is 15.3 Å². The summed E-state index contributed by atoms with van der Waals surface area (Å²) >= 11 is 0. The Morgan fingerprint density at radius 2 is 1.27 bits per heavy atom. The lowest BCUT2D eigenvalue weighted by atomic mass is 10.0. The van der Waals surface area contributed by atoms with Gasteiger partial charge in [-0.15, -0.1) is 0 Å². The van der Waals surface area contributed by atoms with Gasteiger partial charge in [0, 0.05) is 6.61 Å². The molecular formula is C25H48O5. The first-order valence-electron chi connectivity index (χ1n) is 12.5. The van der Waals surface area contributed by atoms with Crippen LogP contribution in [0.15, 0.2) is 12.2 Å². The number of aliphatic hydroxyl groups excluding tert-OH is 3. The van der Waals surface area contributed by atoms with Crippen LogP contribution < -0.4 is 0 Å². The zero-order valence-electron chi connectivity index (χ0n) is 19.4. The first-order chi connectivity index (χ1) is 14.7. The topological polar surface area (TPSA) is 79.2 Å². The van der Waals surface area contributed by atoms with Gasteiger partial charge < -0.3 is 24.8 Å². The monoisotopic (exact) mass is 428 g/mol. The van der Waals surface area contributed by atoms with Crippen molar-refractivity contribution in [2.24, 2.45) is 0 Å². The fourth-order valence-electron chi connectivity index (χ4n) is 3.84. The standard InChI is InChI=1S/C25H48O5/c1-2-3-4-5-6-7-8-9-10-11-12-13-14-15-16-17-18-19-29-21-23-25(28)24(27)22(26)20-30-23/h10-11,22-28H,2-9,12-21H2,1H3/b11-10+/t22-,23+,24+,25+/m1/s1. The molecule has 5 nitrogen and oxygen atoms in total. The van der Waals surface area contributed by atoms with Crippen molar-refractivity contribution in [1.29, 1.82) is 0 Å². The van der Waals surface area contributed by atoms with Gasteiger partial charge in [0.05, 0.1) is 13.2 Å². The summed E-state index contributed by atoms with van der Waals surface area (Å²) in [6.07, 6.45) is 20.3. The second kappa shape index (κ2) is 19.2. The summed E-state index contributed by atoms with van der Waals surface area (Å²) in [7, 11) is 0. The first kappa shape index (κ1) is 27.6. The predicted octanol–water partition coefficient (Wildman–Crippen LogP) is 4.91. The Hall–Kier alpha value is -0.460. The van der Waals surface area contributed by atoms with E-state index in [2.05, 4.69) is 19.1 Å². The molecule has 1 fully saturated rings. The van der Waals surface area contributed by atoms with Gasteiger partial charge in [-0.05, 0) is 32.1 Å². The molecule has 0 bridgehead atoms. The quantitative estimate of drug-likeness (QED) is 0.201. The van der Waals surface area contributed by atoms with Crippen molar-refractivity contribution < 1.29 is 24.8 Å². The highest BCUT2D eigenvalue weighted by atomic mass is 16.6. The van der Waals surface area contributed by atoms with Crippen LogP contribution >= 0.6 is 0 Å². The maximum Gasteiger partial charge on any atom is 0.111 e. The van der Waals surface area contributed by atoms with Crippen molar-refractivity contribution in [1.82, 2.24) is 0 Å². The third kappa shape index (κ3) is 13.8. The number of hydrogen-bond donors (Lipinski definition) is 3. The Morgan fingerprint density at radius 1 is 0.733 bits per heavy atom. The van der Waals surface area contributed by atoms with Crippen LogP contribution in [0.1, 0.15) is 103 Å². The molecule has 178 valence electrons. The van der Waals surface area contributed by atoms with Crippen LogP contribution in [0.3, 0.4) is 0 Å². The van der Waals surface area contributed by atoms with Crippen molar-refractivity contribution in [2.75, 3.05) is 19.8 Å². The maximum atomic E-state index is 9.84. The molecule has 1 rings (SSSR count). The van der Waals surface area contributed by atoms with E-state index in [0.717, 1.165) is 12.8 Å². The summed E-state index contributed by atoms with van der Waals surface area (Å²) < 4.78 is 10.9. The molecule has 0 radical (unpaired) electrons. The largest absolute Gasteiger partial charge is 0.388 e. The molecule has 1 aliphatic heterocycles. The van der Waals surface area contributed by atoms with Crippen molar-refractivity contribution in [3.05, 3.63) is 12.2 Å². The van der Waals surface area contributed by atoms with E-state index < -0.39 is 24.4 Å². The molecule has 1 aliphatic rings. The molecule has 3 N–H and O–H groups in total. The lowest BCUT2D eigenvalue weighted by Gasteiger charge is -2.35. The molecule has 0 spiro atoms. The van der Waals surface area contributed by atoms with Crippen LogP contribution in [0, 0.1) is 0 Å². The Bertz CT molecular complexity index is 401. The molecule has 0 unspecified atom stereocenters. The minimum atomic E-state index is -1.15. The molecule has 30 heavy (non-hydrogen) atoms. The maximum absolute atomic E-state index is 9.84. The van der Waals surface area contributed by atoms with Crippen molar-refractivity contribution in [3.63, 3.8) is 0 Å². The van der Waals surface area contributed by atoms with Crippen molar-refractivity contribution in [3.8, 4) is 0 Å². The molecule has 1 heterocycles. The minimum absolute atomic E-state index is 0.0422. The zero-order chi connectivity index (χ0) is 21.9. The van der Waals surface area contributed by atoms with Crippen LogP contribution in [0.25, 0.3) is 0 Å². The number of ether oxygens (including phenoxy) is 2. The average Bonchev–Trinajstić information content (AvgIpc) is 2.75. The van der Waals surface area contributed by atoms with E-state index in [1.165, 1.54) is 83.5 Å². The molecular weight excluding hydrogens is 380 g/mol. The predicted molar refractivity (Wildman–Crippen MR) is 123 cm³/mol. The number of unbranched alkanes of at least 4 members (excludes halogenated alkanes) is 13. The number of rotatable bonds is 19. The van der Waals surface area contributed by atoms with E-state index in [4.69, 9.17) is 9.47 Å². The fourth-order valence-corrected chi connectivity index (χ4v) is 3.84. The second-order valence-electron chi connectivity index (χ2n) is 8.79. The van der Waals surface area contributed by atoms with Gasteiger partial charge in [0.15, 0.2) is 0 Å². The molecule has 0 aromatic heterocycles. The molecule has 4 atom stereocenters. The molecule has 1 saturated heterocycles. The van der Waals surface area contributed by atoms with Crippen LogP contribution in [-0.4, -0.2) is 59.6 Å². The van der Waals surface area contributed by atoms with Gasteiger partial charge in [0.2, 0.25) is 0 Å². The summed E-state index contributed by atoms with van der Waals surface area (Å²) in [4.78, 5) is 0. The lowest BCUT2D eigenvalue weighted by molar-refractivity contribution is -0.199. The molecule has 5 heteroatoms. The molecule has 0 aromatic carbocycles. The van der Waals surface area contributed by atoms with Gasteiger partial charge in [-0.25, -0.2) is 0 Å². The minimum Gasteiger partial charge on any atom is -0.388 e. The van der Waals surface area contributed by atoms with Gasteiger partial charge in [-0.2, -0.15) is 0 Å². The highest BCUT2D eigenvalue weighted by Gasteiger charge is 2.37. The summed E-state index contributed by atoms with van der Waals surface area (Å²) in [5.41, 5.74) is 0. The van der Waals surface area contributed by atoms with E-state index in [-0.39, 0.29) is 13.2 Å². The van der Waals surface area contributed by atoms with Gasteiger partial charge in [-0.3, -0.25) is 0 Å². The summed E-state index contributed by atoms with van der Waals surface area (Å²) in [6.45, 7) is 3.22. The van der Waals surface area contributed by atoms with E-state index in [0.29, 0.717) is 6.61 Å². The van der Waals surface area contributed by atoms with Crippen LogP contribution in [0.4, 0.5) is 0 Å². The number of hydrogen-bond acceptors (Lipinski definition) is 5. The van der Waals surface area contributed by atoms with E-state index in [1.54, 1.807) is 0 Å². The Balaban J connectivity index is 1.78. The van der Waals surface area contributed by atoms with Gasteiger partial charge >= 0.3 is 0 Å². The first-order valence-corrected chi connectivity index (χ1v) is 12.5. The van der Waals surface area contributed by atoms with Crippen molar-refractivity contribution >= 4 is 0 Å². The molecule has 0 aliphatic carbocycles. The van der Waals surface area contributed by atoms with Crippen LogP contribution in [0.2, 0.25) is 0 Å². The highest BCUT2D eigenvalue weighted by molar-refractivity contribution is 4.86. The molecule has 0 aromatic rings. The molecule has 0 amide bonds. The van der Waals surface area contributed by atoms with E-state index in [1.807, 2.05) is 0 Å². The third-order valence-corrected chi connectivity index (χ3v) is 5.94. The normalized spacial score (nSPS) is 24.7. The Morgan fingerprint density at radius 3 is 1.87 bits per heavy atom. The fraction of sp³-hybridized carbons (Fsp3) is 0.920. The Kier molecular flexibility index (Phi) is 17.7. The smallest absolute Gasteiger partial charge is 0.111 e. The zero-order valence-corrected chi connectivity index (χ0v) is 19.4. The lowest BCUT2D eigenvalue weighted by Crippen LogP contribution is -2.54. The van der Waals surface area contributed by atoms with Crippen LogP contribution in [-0.2, 0) is 9.47 Å². The SMILES string of the molecule is CCCCCCCCC/C=C/CCCCCCCCOC[C@@H]1OC[C@@H](O)[C@H](O)[C@H]1O. The average molecular weight is 429 g/mol. The number of allylic oxidation sites excluding steroid dienone is 2. The van der Waals surface area contributed by atoms with Crippen LogP contribution in [0.5, 0.6) is 0 Å². The van der Waals surface area contributed by atoms with Gasteiger partial charge in [-0.1, -0.05) is 83.3 Å². The summed E-state index contributed by atoms with van der Waals surface area (Å²) in [5.74, 6) is 0. The summed E-state index contributed by atoms with van der Waals surface area (Å²) in [5, 5.41) is 28.9. The highest BCUT2D eigenvalue weighted by Crippen LogP contribution is 2.16. The molecule has 0 saturated carbocycles. The second-order valence-corrected chi connectivity index (χ2v) is 8.79. The third-order valence-electron chi connectivity index (χ3n) is 5.94. The van der Waals surface area contributed by atoms with Gasteiger partial charge in [0.1, 0.15) is 24.4 Å². The van der Waals surface area contributed by atoms with Gasteiger partial charge in [0.25, 0.3) is 0 Å². The Labute approximate surface area is 184 Å².